The summed E-state index contributed by atoms with van der Waals surface area (Å²) < 4.78 is 0. The molecule has 0 aliphatic carbocycles. The highest BCUT2D eigenvalue weighted by atomic mass is 32.2. The Balaban J connectivity index is 1.88. The van der Waals surface area contributed by atoms with Crippen LogP contribution in [0.5, 0.6) is 0 Å². The highest BCUT2D eigenvalue weighted by Crippen LogP contribution is 2.30. The van der Waals surface area contributed by atoms with E-state index in [1.54, 1.807) is 18.1 Å². The third-order valence-electron chi connectivity index (χ3n) is 2.99. The van der Waals surface area contributed by atoms with Gasteiger partial charge in [0.2, 0.25) is 0 Å². The zero-order chi connectivity index (χ0) is 14.5. The van der Waals surface area contributed by atoms with E-state index in [4.69, 9.17) is 0 Å². The van der Waals surface area contributed by atoms with E-state index in [9.17, 15) is 0 Å². The molecule has 0 spiro atoms. The van der Waals surface area contributed by atoms with Gasteiger partial charge in [-0.2, -0.15) is 0 Å². The SMILES string of the molecule is CCCNc1cccc(Sc2ncnc3ccccc23)n1. The van der Waals surface area contributed by atoms with E-state index < -0.39 is 0 Å². The van der Waals surface area contributed by atoms with Crippen molar-refractivity contribution in [2.75, 3.05) is 11.9 Å². The molecule has 0 saturated heterocycles. The van der Waals surface area contributed by atoms with E-state index >= 15 is 0 Å². The van der Waals surface area contributed by atoms with Gasteiger partial charge in [0, 0.05) is 11.9 Å². The summed E-state index contributed by atoms with van der Waals surface area (Å²) in [7, 11) is 0. The number of rotatable bonds is 5. The van der Waals surface area contributed by atoms with Crippen LogP contribution < -0.4 is 5.32 Å². The summed E-state index contributed by atoms with van der Waals surface area (Å²) in [5.41, 5.74) is 0.954. The van der Waals surface area contributed by atoms with Crippen LogP contribution in [0.25, 0.3) is 10.9 Å². The van der Waals surface area contributed by atoms with Crippen molar-refractivity contribution < 1.29 is 0 Å². The molecule has 1 N–H and O–H groups in total. The van der Waals surface area contributed by atoms with E-state index in [1.807, 2.05) is 42.5 Å². The number of para-hydroxylation sites is 1. The largest absolute Gasteiger partial charge is 0.370 e. The fourth-order valence-electron chi connectivity index (χ4n) is 1.98. The molecule has 0 unspecified atom stereocenters. The van der Waals surface area contributed by atoms with Crippen LogP contribution in [0.4, 0.5) is 5.82 Å². The minimum atomic E-state index is 0.903. The summed E-state index contributed by atoms with van der Waals surface area (Å²) in [5, 5.41) is 6.22. The number of nitrogens with one attached hydrogen (secondary N) is 1. The first-order valence-electron chi connectivity index (χ1n) is 6.95. The van der Waals surface area contributed by atoms with E-state index in [0.717, 1.165) is 39.7 Å². The van der Waals surface area contributed by atoms with E-state index in [2.05, 4.69) is 27.2 Å². The van der Waals surface area contributed by atoms with Gasteiger partial charge in [-0.05, 0) is 36.4 Å². The molecule has 0 aliphatic rings. The standard InChI is InChI=1S/C16H16N4S/c1-2-10-17-14-8-5-9-15(20-14)21-16-12-6-3-4-7-13(12)18-11-19-16/h3-9,11H,2,10H2,1H3,(H,17,20). The van der Waals surface area contributed by atoms with Gasteiger partial charge in [0.05, 0.1) is 5.52 Å². The van der Waals surface area contributed by atoms with Crippen LogP contribution in [0.1, 0.15) is 13.3 Å². The second-order valence-electron chi connectivity index (χ2n) is 4.59. The quantitative estimate of drug-likeness (QED) is 0.721. The molecule has 2 aromatic heterocycles. The molecule has 21 heavy (non-hydrogen) atoms. The Kier molecular flexibility index (Phi) is 4.31. The number of hydrogen-bond acceptors (Lipinski definition) is 5. The maximum atomic E-state index is 4.60. The van der Waals surface area contributed by atoms with Crippen molar-refractivity contribution in [3.05, 3.63) is 48.8 Å². The molecule has 3 aromatic rings. The lowest BCUT2D eigenvalue weighted by Crippen LogP contribution is -2.01. The lowest BCUT2D eigenvalue weighted by Gasteiger charge is -2.07. The van der Waals surface area contributed by atoms with E-state index in [0.29, 0.717) is 0 Å². The predicted molar refractivity (Wildman–Crippen MR) is 86.7 cm³/mol. The van der Waals surface area contributed by atoms with Crippen LogP contribution in [0.3, 0.4) is 0 Å². The number of anilines is 1. The van der Waals surface area contributed by atoms with E-state index in [1.165, 1.54) is 0 Å². The maximum absolute atomic E-state index is 4.60. The lowest BCUT2D eigenvalue weighted by molar-refractivity contribution is 0.959. The van der Waals surface area contributed by atoms with Crippen LogP contribution in [0, 0.1) is 0 Å². The Hall–Kier alpha value is -2.14. The van der Waals surface area contributed by atoms with Crippen molar-refractivity contribution in [2.24, 2.45) is 0 Å². The first-order valence-corrected chi connectivity index (χ1v) is 7.77. The molecule has 106 valence electrons. The fraction of sp³-hybridized carbons (Fsp3) is 0.188. The normalized spacial score (nSPS) is 10.7. The van der Waals surface area contributed by atoms with Crippen molar-refractivity contribution in [2.45, 2.75) is 23.4 Å². The molecule has 3 rings (SSSR count). The minimum absolute atomic E-state index is 0.903. The number of pyridine rings is 1. The van der Waals surface area contributed by atoms with Gasteiger partial charge in [0.25, 0.3) is 0 Å². The summed E-state index contributed by atoms with van der Waals surface area (Å²) in [5.74, 6) is 0.903. The first kappa shape index (κ1) is 13.8. The molecule has 2 heterocycles. The third-order valence-corrected chi connectivity index (χ3v) is 3.94. The van der Waals surface area contributed by atoms with Crippen molar-refractivity contribution in [1.82, 2.24) is 15.0 Å². The van der Waals surface area contributed by atoms with Crippen LogP contribution in [-0.4, -0.2) is 21.5 Å². The predicted octanol–water partition coefficient (Wildman–Crippen LogP) is 4.00. The van der Waals surface area contributed by atoms with Gasteiger partial charge < -0.3 is 5.32 Å². The first-order chi connectivity index (χ1) is 10.4. The molecule has 0 atom stereocenters. The third kappa shape index (κ3) is 3.31. The topological polar surface area (TPSA) is 50.7 Å². The zero-order valence-electron chi connectivity index (χ0n) is 11.8. The van der Waals surface area contributed by atoms with Crippen molar-refractivity contribution in [3.63, 3.8) is 0 Å². The van der Waals surface area contributed by atoms with Crippen molar-refractivity contribution in [3.8, 4) is 0 Å². The van der Waals surface area contributed by atoms with Gasteiger partial charge in [0.15, 0.2) is 0 Å². The number of benzene rings is 1. The molecule has 0 amide bonds. The van der Waals surface area contributed by atoms with Gasteiger partial charge in [-0.1, -0.05) is 31.2 Å². The molecule has 4 nitrogen and oxygen atoms in total. The number of fused-ring (bicyclic) bond motifs is 1. The van der Waals surface area contributed by atoms with Gasteiger partial charge >= 0.3 is 0 Å². The van der Waals surface area contributed by atoms with Gasteiger partial charge in [0.1, 0.15) is 22.2 Å². The molecular formula is C16H16N4S. The van der Waals surface area contributed by atoms with Crippen LogP contribution in [0.15, 0.2) is 58.8 Å². The summed E-state index contributed by atoms with van der Waals surface area (Å²) >= 11 is 1.56. The van der Waals surface area contributed by atoms with Crippen molar-refractivity contribution in [1.29, 1.82) is 0 Å². The Bertz CT molecular complexity index is 740. The molecule has 0 bridgehead atoms. The molecular weight excluding hydrogens is 280 g/mol. The Morgan fingerprint density at radius 1 is 1.05 bits per heavy atom. The molecule has 1 aromatic carbocycles. The van der Waals surface area contributed by atoms with Crippen LogP contribution in [0.2, 0.25) is 0 Å². The summed E-state index contributed by atoms with van der Waals surface area (Å²) in [6, 6.07) is 14.0. The highest BCUT2D eigenvalue weighted by Gasteiger charge is 2.06. The van der Waals surface area contributed by atoms with Gasteiger partial charge in [-0.3, -0.25) is 0 Å². The smallest absolute Gasteiger partial charge is 0.127 e. The Morgan fingerprint density at radius 3 is 2.86 bits per heavy atom. The molecule has 0 fully saturated rings. The van der Waals surface area contributed by atoms with Gasteiger partial charge in [-0.25, -0.2) is 15.0 Å². The average molecular weight is 296 g/mol. The summed E-state index contributed by atoms with van der Waals surface area (Å²) in [6.45, 7) is 3.07. The monoisotopic (exact) mass is 296 g/mol. The minimum Gasteiger partial charge on any atom is -0.370 e. The van der Waals surface area contributed by atoms with E-state index in [-0.39, 0.29) is 0 Å². The van der Waals surface area contributed by atoms with Crippen LogP contribution >= 0.6 is 11.8 Å². The average Bonchev–Trinajstić information content (AvgIpc) is 2.54. The summed E-state index contributed by atoms with van der Waals surface area (Å²) in [4.78, 5) is 13.3. The lowest BCUT2D eigenvalue weighted by atomic mass is 10.2. The Labute approximate surface area is 128 Å². The molecule has 5 heteroatoms. The van der Waals surface area contributed by atoms with Crippen LogP contribution in [-0.2, 0) is 0 Å². The molecule has 0 aliphatic heterocycles. The zero-order valence-corrected chi connectivity index (χ0v) is 12.6. The Morgan fingerprint density at radius 2 is 1.95 bits per heavy atom. The maximum Gasteiger partial charge on any atom is 0.127 e. The molecule has 0 saturated carbocycles. The second-order valence-corrected chi connectivity index (χ2v) is 5.59. The fourth-order valence-corrected chi connectivity index (χ4v) is 2.85. The van der Waals surface area contributed by atoms with Crippen molar-refractivity contribution >= 4 is 28.5 Å². The van der Waals surface area contributed by atoms with Gasteiger partial charge in [-0.15, -0.1) is 0 Å². The second kappa shape index (κ2) is 6.54. The molecule has 0 radical (unpaired) electrons. The highest BCUT2D eigenvalue weighted by molar-refractivity contribution is 7.99. The number of hydrogen-bond donors (Lipinski definition) is 1. The number of aromatic nitrogens is 3. The number of nitrogens with zero attached hydrogens (tertiary/aromatic N) is 3. The summed E-state index contributed by atoms with van der Waals surface area (Å²) in [6.07, 6.45) is 2.68.